The lowest BCUT2D eigenvalue weighted by atomic mass is 9.91. The van der Waals surface area contributed by atoms with E-state index in [1.54, 1.807) is 0 Å². The molecule has 0 unspecified atom stereocenters. The van der Waals surface area contributed by atoms with Gasteiger partial charge in [-0.1, -0.05) is 0 Å². The van der Waals surface area contributed by atoms with Crippen LogP contribution in [-0.2, 0) is 14.4 Å². The molecule has 1 aliphatic rings. The summed E-state index contributed by atoms with van der Waals surface area (Å²) in [6, 6.07) is -0.753. The maximum atomic E-state index is 11.4. The van der Waals surface area contributed by atoms with E-state index in [1.165, 1.54) is 0 Å². The predicted octanol–water partition coefficient (Wildman–Crippen LogP) is -1.50. The number of amides is 3. The van der Waals surface area contributed by atoms with Crippen molar-refractivity contribution in [2.45, 2.75) is 25.3 Å². The number of carbonyl (C=O) groups excluding carboxylic acids is 3. The smallest absolute Gasteiger partial charge is 0.240 e. The van der Waals surface area contributed by atoms with Crippen LogP contribution in [0.2, 0.25) is 0 Å². The Morgan fingerprint density at radius 2 is 2.47 bits per heavy atom. The van der Waals surface area contributed by atoms with Crippen molar-refractivity contribution in [3.63, 3.8) is 0 Å². The van der Waals surface area contributed by atoms with Crippen molar-refractivity contribution in [3.05, 3.63) is 0 Å². The van der Waals surface area contributed by atoms with Crippen molar-refractivity contribution >= 4 is 18.2 Å². The summed E-state index contributed by atoms with van der Waals surface area (Å²) in [7, 11) is 0. The van der Waals surface area contributed by atoms with Crippen LogP contribution in [0.3, 0.4) is 0 Å². The molecule has 1 heterocycles. The lowest BCUT2D eigenvalue weighted by molar-refractivity contribution is -0.128. The Kier molecular flexibility index (Phi) is 4.08. The van der Waals surface area contributed by atoms with Gasteiger partial charge in [0.25, 0.3) is 0 Å². The Morgan fingerprint density at radius 1 is 1.73 bits per heavy atom. The van der Waals surface area contributed by atoms with Gasteiger partial charge in [0.1, 0.15) is 6.04 Å². The van der Waals surface area contributed by atoms with E-state index >= 15 is 0 Å². The van der Waals surface area contributed by atoms with Crippen LogP contribution in [0.1, 0.15) is 19.3 Å². The Bertz CT molecular complexity index is 267. The highest BCUT2D eigenvalue weighted by Gasteiger charge is 2.27. The summed E-state index contributed by atoms with van der Waals surface area (Å²) in [5, 5.41) is 5.03. The van der Waals surface area contributed by atoms with E-state index < -0.39 is 11.9 Å². The Morgan fingerprint density at radius 3 is 3.00 bits per heavy atom. The molecule has 0 aromatic carbocycles. The van der Waals surface area contributed by atoms with Crippen LogP contribution in [0.5, 0.6) is 0 Å². The normalized spacial score (nSPS) is 22.7. The van der Waals surface area contributed by atoms with Gasteiger partial charge in [-0.25, -0.2) is 0 Å². The van der Waals surface area contributed by atoms with E-state index in [1.807, 2.05) is 0 Å². The lowest BCUT2D eigenvalue weighted by Gasteiger charge is -2.24. The average molecular weight is 213 g/mol. The average Bonchev–Trinajstić information content (AvgIpc) is 2.20. The van der Waals surface area contributed by atoms with E-state index in [4.69, 9.17) is 5.73 Å². The van der Waals surface area contributed by atoms with Gasteiger partial charge in [0.15, 0.2) is 0 Å². The number of nitrogens with one attached hydrogen (secondary N) is 2. The van der Waals surface area contributed by atoms with Crippen molar-refractivity contribution in [1.82, 2.24) is 10.6 Å². The van der Waals surface area contributed by atoms with Gasteiger partial charge >= 0.3 is 0 Å². The number of hydrogen-bond acceptors (Lipinski definition) is 3. The highest BCUT2D eigenvalue weighted by atomic mass is 16.2. The first kappa shape index (κ1) is 11.5. The summed E-state index contributed by atoms with van der Waals surface area (Å²) < 4.78 is 0. The summed E-state index contributed by atoms with van der Waals surface area (Å²) >= 11 is 0. The first-order valence-corrected chi connectivity index (χ1v) is 4.92. The second kappa shape index (κ2) is 5.33. The Hall–Kier alpha value is -1.59. The Labute approximate surface area is 87.6 Å². The molecule has 0 aliphatic carbocycles. The molecule has 1 saturated heterocycles. The van der Waals surface area contributed by atoms with Crippen LogP contribution in [0.4, 0.5) is 0 Å². The zero-order valence-corrected chi connectivity index (χ0v) is 8.36. The molecule has 84 valence electrons. The van der Waals surface area contributed by atoms with Crippen LogP contribution in [0.25, 0.3) is 0 Å². The van der Waals surface area contributed by atoms with Crippen molar-refractivity contribution in [2.24, 2.45) is 11.7 Å². The highest BCUT2D eigenvalue weighted by molar-refractivity contribution is 5.84. The van der Waals surface area contributed by atoms with Crippen LogP contribution in [-0.4, -0.2) is 30.8 Å². The predicted molar refractivity (Wildman–Crippen MR) is 52.5 cm³/mol. The van der Waals surface area contributed by atoms with E-state index in [0.29, 0.717) is 13.0 Å². The van der Waals surface area contributed by atoms with Gasteiger partial charge in [-0.15, -0.1) is 0 Å². The molecule has 0 saturated carbocycles. The minimum Gasteiger partial charge on any atom is -0.368 e. The summed E-state index contributed by atoms with van der Waals surface area (Å²) in [5.41, 5.74) is 5.09. The number of primary amides is 1. The third-order valence-electron chi connectivity index (χ3n) is 2.53. The molecule has 1 aliphatic heterocycles. The summed E-state index contributed by atoms with van der Waals surface area (Å²) in [5.74, 6) is -0.913. The van der Waals surface area contributed by atoms with Gasteiger partial charge in [-0.05, 0) is 19.3 Å². The molecule has 0 bridgehead atoms. The molecular weight excluding hydrogens is 198 g/mol. The minimum absolute atomic E-state index is 0.0693. The number of carbonyl (C=O) groups is 3. The quantitative estimate of drug-likeness (QED) is 0.484. The van der Waals surface area contributed by atoms with E-state index in [2.05, 4.69) is 10.6 Å². The van der Waals surface area contributed by atoms with Crippen molar-refractivity contribution in [2.75, 3.05) is 6.54 Å². The molecule has 15 heavy (non-hydrogen) atoms. The standard InChI is InChI=1S/C9H15N3O3/c10-8(14)7(12-5-13)4-6-2-1-3-11-9(6)15/h5-7H,1-4H2,(H2,10,14)(H,11,15)(H,12,13)/t6-,7-/m0/s1. The van der Waals surface area contributed by atoms with Crippen molar-refractivity contribution in [3.8, 4) is 0 Å². The number of rotatable bonds is 5. The zero-order valence-electron chi connectivity index (χ0n) is 8.36. The summed E-state index contributed by atoms with van der Waals surface area (Å²) in [6.45, 7) is 0.678. The van der Waals surface area contributed by atoms with Crippen LogP contribution in [0, 0.1) is 5.92 Å². The SMILES string of the molecule is NC(=O)[C@H](C[C@@H]1CCCNC1=O)NC=O. The molecule has 6 heteroatoms. The van der Waals surface area contributed by atoms with Gasteiger partial charge in [0.2, 0.25) is 18.2 Å². The van der Waals surface area contributed by atoms with Crippen molar-refractivity contribution in [1.29, 1.82) is 0 Å². The van der Waals surface area contributed by atoms with Gasteiger partial charge in [-0.3, -0.25) is 14.4 Å². The van der Waals surface area contributed by atoms with Crippen LogP contribution < -0.4 is 16.4 Å². The minimum atomic E-state index is -0.753. The van der Waals surface area contributed by atoms with Gasteiger partial charge in [-0.2, -0.15) is 0 Å². The molecule has 4 N–H and O–H groups in total. The molecule has 1 rings (SSSR count). The summed E-state index contributed by atoms with van der Waals surface area (Å²) in [4.78, 5) is 32.5. The lowest BCUT2D eigenvalue weighted by Crippen LogP contribution is -2.45. The van der Waals surface area contributed by atoms with Crippen LogP contribution in [0.15, 0.2) is 0 Å². The third-order valence-corrected chi connectivity index (χ3v) is 2.53. The molecule has 6 nitrogen and oxygen atoms in total. The van der Waals surface area contributed by atoms with Gasteiger partial charge in [0.05, 0.1) is 0 Å². The number of hydrogen-bond donors (Lipinski definition) is 3. The van der Waals surface area contributed by atoms with Gasteiger partial charge < -0.3 is 16.4 Å². The molecule has 1 fully saturated rings. The second-order valence-corrected chi connectivity index (χ2v) is 3.61. The monoisotopic (exact) mass is 213 g/mol. The number of piperidine rings is 1. The molecule has 0 aromatic heterocycles. The summed E-state index contributed by atoms with van der Waals surface area (Å²) in [6.07, 6.45) is 2.33. The highest BCUT2D eigenvalue weighted by Crippen LogP contribution is 2.17. The maximum Gasteiger partial charge on any atom is 0.240 e. The van der Waals surface area contributed by atoms with E-state index in [-0.39, 0.29) is 18.2 Å². The zero-order chi connectivity index (χ0) is 11.3. The number of nitrogens with two attached hydrogens (primary N) is 1. The molecule has 2 atom stereocenters. The molecule has 3 amide bonds. The fourth-order valence-electron chi connectivity index (χ4n) is 1.69. The first-order chi connectivity index (χ1) is 7.15. The largest absolute Gasteiger partial charge is 0.368 e. The molecule has 0 radical (unpaired) electrons. The van der Waals surface area contributed by atoms with Crippen LogP contribution >= 0.6 is 0 Å². The second-order valence-electron chi connectivity index (χ2n) is 3.61. The molecule has 0 spiro atoms. The third kappa shape index (κ3) is 3.23. The first-order valence-electron chi connectivity index (χ1n) is 4.92. The van der Waals surface area contributed by atoms with Gasteiger partial charge in [0, 0.05) is 12.5 Å². The van der Waals surface area contributed by atoms with Crippen molar-refractivity contribution < 1.29 is 14.4 Å². The Balaban J connectivity index is 2.52. The topological polar surface area (TPSA) is 101 Å². The molecule has 0 aromatic rings. The maximum absolute atomic E-state index is 11.4. The fraction of sp³-hybridized carbons (Fsp3) is 0.667. The fourth-order valence-corrected chi connectivity index (χ4v) is 1.69. The van der Waals surface area contributed by atoms with E-state index in [9.17, 15) is 14.4 Å². The van der Waals surface area contributed by atoms with E-state index in [0.717, 1.165) is 12.8 Å². The molecular formula is C9H15N3O3.